The van der Waals surface area contributed by atoms with Crippen molar-refractivity contribution in [3.63, 3.8) is 0 Å². The maximum absolute atomic E-state index is 12.4. The van der Waals surface area contributed by atoms with E-state index >= 15 is 0 Å². The third kappa shape index (κ3) is 3.77. The summed E-state index contributed by atoms with van der Waals surface area (Å²) >= 11 is 5.80. The number of H-pyrrole nitrogens is 1. The lowest BCUT2D eigenvalue weighted by Gasteiger charge is -2.31. The summed E-state index contributed by atoms with van der Waals surface area (Å²) in [6.07, 6.45) is 4.09. The van der Waals surface area contributed by atoms with Crippen molar-refractivity contribution < 1.29 is 4.79 Å². The van der Waals surface area contributed by atoms with Crippen LogP contribution in [0.3, 0.4) is 0 Å². The predicted octanol–water partition coefficient (Wildman–Crippen LogP) is 2.92. The summed E-state index contributed by atoms with van der Waals surface area (Å²) < 4.78 is 0. The number of aromatic nitrogens is 2. The number of carbonyl (C=O) groups excluding carboxylic acids is 1. The van der Waals surface area contributed by atoms with Crippen LogP contribution in [-0.4, -0.2) is 22.4 Å². The molecule has 142 valence electrons. The van der Waals surface area contributed by atoms with Gasteiger partial charge in [0, 0.05) is 37.6 Å². The first-order valence-corrected chi connectivity index (χ1v) is 9.41. The van der Waals surface area contributed by atoms with Crippen LogP contribution in [0, 0.1) is 0 Å². The van der Waals surface area contributed by atoms with Crippen LogP contribution in [-0.2, 0) is 19.5 Å². The van der Waals surface area contributed by atoms with Gasteiger partial charge in [0.2, 0.25) is 0 Å². The number of fused-ring (bicyclic) bond motifs is 1. The molecule has 0 saturated heterocycles. The summed E-state index contributed by atoms with van der Waals surface area (Å²) in [5, 5.41) is 2.86. The molecule has 0 spiro atoms. The fourth-order valence-electron chi connectivity index (χ4n) is 3.39. The molecular weight excluding hydrogens is 376 g/mol. The fourth-order valence-corrected chi connectivity index (χ4v) is 3.57. The molecule has 0 saturated carbocycles. The first-order chi connectivity index (χ1) is 13.6. The van der Waals surface area contributed by atoms with Crippen LogP contribution in [0.15, 0.2) is 59.7 Å². The van der Waals surface area contributed by atoms with E-state index in [9.17, 15) is 9.59 Å². The Hall–Kier alpha value is -3.12. The minimum atomic E-state index is -0.418. The lowest BCUT2D eigenvalue weighted by Crippen LogP contribution is -2.33. The maximum atomic E-state index is 12.4. The van der Waals surface area contributed by atoms with Crippen LogP contribution >= 0.6 is 11.6 Å². The van der Waals surface area contributed by atoms with Gasteiger partial charge in [-0.2, -0.15) is 0 Å². The van der Waals surface area contributed by atoms with Gasteiger partial charge in [0.1, 0.15) is 10.8 Å². The van der Waals surface area contributed by atoms with Crippen molar-refractivity contribution >= 4 is 23.3 Å². The molecule has 0 radical (unpaired) electrons. The van der Waals surface area contributed by atoms with Crippen LogP contribution in [0.4, 0.5) is 5.82 Å². The summed E-state index contributed by atoms with van der Waals surface area (Å²) in [6, 6.07) is 13.6. The van der Waals surface area contributed by atoms with Gasteiger partial charge in [-0.3, -0.25) is 9.59 Å². The highest BCUT2D eigenvalue weighted by atomic mass is 35.5. The van der Waals surface area contributed by atoms with Gasteiger partial charge < -0.3 is 15.2 Å². The molecule has 1 aliphatic rings. The molecule has 0 unspecified atom stereocenters. The van der Waals surface area contributed by atoms with Crippen molar-refractivity contribution in [2.75, 3.05) is 11.4 Å². The number of benzene rings is 1. The van der Waals surface area contributed by atoms with Crippen molar-refractivity contribution in [2.45, 2.75) is 19.5 Å². The van der Waals surface area contributed by atoms with Gasteiger partial charge in [0.05, 0.1) is 5.56 Å². The quantitative estimate of drug-likeness (QED) is 0.713. The lowest BCUT2D eigenvalue weighted by molar-refractivity contribution is 0.0950. The van der Waals surface area contributed by atoms with E-state index in [0.29, 0.717) is 12.1 Å². The summed E-state index contributed by atoms with van der Waals surface area (Å²) in [6.45, 7) is 2.01. The van der Waals surface area contributed by atoms with E-state index in [4.69, 9.17) is 11.6 Å². The molecule has 0 atom stereocenters. The topological polar surface area (TPSA) is 78.1 Å². The minimum Gasteiger partial charge on any atom is -0.352 e. The van der Waals surface area contributed by atoms with Crippen LogP contribution in [0.5, 0.6) is 0 Å². The minimum absolute atomic E-state index is 0.0123. The average molecular weight is 395 g/mol. The second-order valence-electron chi connectivity index (χ2n) is 6.67. The summed E-state index contributed by atoms with van der Waals surface area (Å²) in [7, 11) is 0. The van der Waals surface area contributed by atoms with E-state index in [1.54, 1.807) is 6.20 Å². The van der Waals surface area contributed by atoms with Gasteiger partial charge in [-0.15, -0.1) is 0 Å². The molecule has 4 rings (SSSR count). The van der Waals surface area contributed by atoms with E-state index in [1.807, 2.05) is 12.1 Å². The third-order valence-corrected chi connectivity index (χ3v) is 5.14. The van der Waals surface area contributed by atoms with Gasteiger partial charge in [-0.25, -0.2) is 4.98 Å². The number of rotatable bonds is 4. The Balaban J connectivity index is 1.50. The third-order valence-electron chi connectivity index (χ3n) is 4.86. The Morgan fingerprint density at radius 2 is 2.04 bits per heavy atom. The Morgan fingerprint density at radius 1 is 1.21 bits per heavy atom. The second-order valence-corrected chi connectivity index (χ2v) is 7.08. The van der Waals surface area contributed by atoms with E-state index in [-0.39, 0.29) is 10.9 Å². The zero-order valence-corrected chi connectivity index (χ0v) is 15.9. The van der Waals surface area contributed by atoms with Crippen LogP contribution in [0.25, 0.3) is 0 Å². The van der Waals surface area contributed by atoms with Crippen molar-refractivity contribution in [1.82, 2.24) is 15.3 Å². The summed E-state index contributed by atoms with van der Waals surface area (Å²) in [5.41, 5.74) is 3.50. The molecule has 0 aliphatic carbocycles. The summed E-state index contributed by atoms with van der Waals surface area (Å²) in [5.74, 6) is 0.564. The van der Waals surface area contributed by atoms with Gasteiger partial charge in [-0.05, 0) is 29.7 Å². The predicted molar refractivity (Wildman–Crippen MR) is 109 cm³/mol. The monoisotopic (exact) mass is 394 g/mol. The highest BCUT2D eigenvalue weighted by Gasteiger charge is 2.19. The van der Waals surface area contributed by atoms with Crippen LogP contribution in [0.2, 0.25) is 5.02 Å². The van der Waals surface area contributed by atoms with Crippen molar-refractivity contribution in [2.24, 2.45) is 0 Å². The molecule has 6 nitrogen and oxygen atoms in total. The van der Waals surface area contributed by atoms with Crippen LogP contribution in [0.1, 0.15) is 27.0 Å². The van der Waals surface area contributed by atoms with Crippen LogP contribution < -0.4 is 15.8 Å². The number of hydrogen-bond donors (Lipinski definition) is 2. The standard InChI is InChI=1S/C21H19ClN4O2/c22-18-10-17(12-25-21(18)28)20(27)24-11-15-6-3-8-23-19(15)26-9-7-14-4-1-2-5-16(14)13-26/h1-6,8,10,12H,7,9,11,13H2,(H,24,27)(H,25,28). The Bertz CT molecular complexity index is 1080. The number of amides is 1. The van der Waals surface area contributed by atoms with E-state index in [2.05, 4.69) is 44.5 Å². The molecule has 3 aromatic rings. The Kier molecular flexibility index (Phi) is 5.12. The number of anilines is 1. The molecule has 1 aliphatic heterocycles. The molecule has 28 heavy (non-hydrogen) atoms. The molecule has 3 heterocycles. The largest absolute Gasteiger partial charge is 0.352 e. The zero-order valence-electron chi connectivity index (χ0n) is 15.1. The van der Waals surface area contributed by atoms with Crippen molar-refractivity contribution in [1.29, 1.82) is 0 Å². The van der Waals surface area contributed by atoms with Gasteiger partial charge in [0.15, 0.2) is 0 Å². The molecule has 2 N–H and O–H groups in total. The molecule has 2 aromatic heterocycles. The molecule has 0 bridgehead atoms. The number of pyridine rings is 2. The first-order valence-electron chi connectivity index (χ1n) is 9.04. The number of hydrogen-bond acceptors (Lipinski definition) is 4. The van der Waals surface area contributed by atoms with E-state index in [0.717, 1.165) is 30.9 Å². The highest BCUT2D eigenvalue weighted by Crippen LogP contribution is 2.25. The number of nitrogens with zero attached hydrogens (tertiary/aromatic N) is 2. The lowest BCUT2D eigenvalue weighted by atomic mass is 9.99. The average Bonchev–Trinajstić information content (AvgIpc) is 2.74. The van der Waals surface area contributed by atoms with Gasteiger partial charge >= 0.3 is 0 Å². The normalized spacial score (nSPS) is 13.1. The van der Waals surface area contributed by atoms with E-state index < -0.39 is 5.56 Å². The number of carbonyl (C=O) groups is 1. The zero-order chi connectivity index (χ0) is 19.5. The molecule has 1 aromatic carbocycles. The Labute approximate surface area is 167 Å². The van der Waals surface area contributed by atoms with Crippen molar-refractivity contribution in [3.05, 3.63) is 92.5 Å². The second kappa shape index (κ2) is 7.86. The maximum Gasteiger partial charge on any atom is 0.266 e. The van der Waals surface area contributed by atoms with Crippen molar-refractivity contribution in [3.8, 4) is 0 Å². The molecule has 7 heteroatoms. The molecule has 0 fully saturated rings. The molecular formula is C21H19ClN4O2. The Morgan fingerprint density at radius 3 is 2.86 bits per heavy atom. The number of halogens is 1. The smallest absolute Gasteiger partial charge is 0.266 e. The number of aromatic amines is 1. The fraction of sp³-hybridized carbons (Fsp3) is 0.190. The van der Waals surface area contributed by atoms with Gasteiger partial charge in [-0.1, -0.05) is 41.9 Å². The van der Waals surface area contributed by atoms with E-state index in [1.165, 1.54) is 23.4 Å². The number of nitrogens with one attached hydrogen (secondary N) is 2. The summed E-state index contributed by atoms with van der Waals surface area (Å²) in [4.78, 5) is 33.0. The highest BCUT2D eigenvalue weighted by molar-refractivity contribution is 6.30. The van der Waals surface area contributed by atoms with Gasteiger partial charge in [0.25, 0.3) is 11.5 Å². The first kappa shape index (κ1) is 18.3. The SMILES string of the molecule is O=C(NCc1cccnc1N1CCc2ccccc2C1)c1c[nH]c(=O)c(Cl)c1. The molecule has 1 amide bonds.